The Bertz CT molecular complexity index is 598. The van der Waals surface area contributed by atoms with E-state index in [0.29, 0.717) is 11.6 Å². The third-order valence-electron chi connectivity index (χ3n) is 2.84. The molecule has 0 aliphatic heterocycles. The topological polar surface area (TPSA) is 40.5 Å². The monoisotopic (exact) mass is 275 g/mol. The zero-order chi connectivity index (χ0) is 13.8. The minimum Gasteiger partial charge on any atom is -0.478 e. The van der Waals surface area contributed by atoms with E-state index in [0.717, 1.165) is 11.3 Å². The first kappa shape index (κ1) is 13.4. The van der Waals surface area contributed by atoms with Crippen molar-refractivity contribution in [3.8, 4) is 0 Å². The number of anilines is 1. The lowest BCUT2D eigenvalue weighted by Gasteiger charge is -2.20. The average molecular weight is 276 g/mol. The molecule has 0 aromatic heterocycles. The van der Waals surface area contributed by atoms with Gasteiger partial charge in [0.2, 0.25) is 0 Å². The van der Waals surface area contributed by atoms with Crippen molar-refractivity contribution in [2.45, 2.75) is 6.54 Å². The van der Waals surface area contributed by atoms with Crippen LogP contribution in [0.5, 0.6) is 0 Å². The van der Waals surface area contributed by atoms with Crippen LogP contribution in [0.1, 0.15) is 15.9 Å². The van der Waals surface area contributed by atoms with E-state index >= 15 is 0 Å². The summed E-state index contributed by atoms with van der Waals surface area (Å²) < 4.78 is 0. The van der Waals surface area contributed by atoms with Crippen LogP contribution in [0.3, 0.4) is 0 Å². The summed E-state index contributed by atoms with van der Waals surface area (Å²) in [7, 11) is 1.92. The van der Waals surface area contributed by atoms with Gasteiger partial charge in [0.15, 0.2) is 0 Å². The van der Waals surface area contributed by atoms with Gasteiger partial charge >= 0.3 is 5.97 Å². The number of halogens is 1. The molecular weight excluding hydrogens is 262 g/mol. The predicted molar refractivity (Wildman–Crippen MR) is 77.0 cm³/mol. The fourth-order valence-electron chi connectivity index (χ4n) is 1.88. The number of hydrogen-bond donors (Lipinski definition) is 1. The number of hydrogen-bond acceptors (Lipinski definition) is 2. The first-order valence-electron chi connectivity index (χ1n) is 5.85. The predicted octanol–water partition coefficient (Wildman–Crippen LogP) is 3.67. The van der Waals surface area contributed by atoms with Gasteiger partial charge in [0.25, 0.3) is 0 Å². The normalized spacial score (nSPS) is 10.2. The van der Waals surface area contributed by atoms with Crippen molar-refractivity contribution >= 4 is 23.3 Å². The molecule has 19 heavy (non-hydrogen) atoms. The molecule has 0 atom stereocenters. The standard InChI is InChI=1S/C15H14ClNO2/c1-17(10-11-4-2-6-13(16)8-11)14-7-3-5-12(9-14)15(18)19/h2-9H,10H2,1H3,(H,18,19). The Morgan fingerprint density at radius 1 is 1.21 bits per heavy atom. The minimum absolute atomic E-state index is 0.287. The maximum absolute atomic E-state index is 10.9. The molecule has 0 saturated carbocycles. The second-order valence-corrected chi connectivity index (χ2v) is 4.78. The van der Waals surface area contributed by atoms with Crippen LogP contribution < -0.4 is 4.90 Å². The molecule has 0 radical (unpaired) electrons. The summed E-state index contributed by atoms with van der Waals surface area (Å²) in [5.41, 5.74) is 2.23. The minimum atomic E-state index is -0.919. The zero-order valence-electron chi connectivity index (χ0n) is 10.5. The summed E-state index contributed by atoms with van der Waals surface area (Å²) >= 11 is 5.94. The van der Waals surface area contributed by atoms with E-state index in [4.69, 9.17) is 16.7 Å². The van der Waals surface area contributed by atoms with Gasteiger partial charge in [-0.05, 0) is 35.9 Å². The molecule has 0 bridgehead atoms. The molecule has 0 amide bonds. The summed E-state index contributed by atoms with van der Waals surface area (Å²) in [5.74, 6) is -0.919. The largest absolute Gasteiger partial charge is 0.478 e. The van der Waals surface area contributed by atoms with Crippen LogP contribution in [0, 0.1) is 0 Å². The van der Waals surface area contributed by atoms with Gasteiger partial charge < -0.3 is 10.0 Å². The molecule has 2 rings (SSSR count). The van der Waals surface area contributed by atoms with E-state index in [2.05, 4.69) is 0 Å². The van der Waals surface area contributed by atoms with Gasteiger partial charge in [-0.1, -0.05) is 29.8 Å². The molecule has 3 nitrogen and oxygen atoms in total. The lowest BCUT2D eigenvalue weighted by atomic mass is 10.1. The third-order valence-corrected chi connectivity index (χ3v) is 3.08. The van der Waals surface area contributed by atoms with E-state index in [1.165, 1.54) is 0 Å². The Morgan fingerprint density at radius 3 is 2.63 bits per heavy atom. The average Bonchev–Trinajstić information content (AvgIpc) is 2.39. The van der Waals surface area contributed by atoms with Gasteiger partial charge in [-0.15, -0.1) is 0 Å². The van der Waals surface area contributed by atoms with Gasteiger partial charge in [0.05, 0.1) is 5.56 Å². The summed E-state index contributed by atoms with van der Waals surface area (Å²) in [6.07, 6.45) is 0. The van der Waals surface area contributed by atoms with Crippen molar-refractivity contribution in [2.24, 2.45) is 0 Å². The summed E-state index contributed by atoms with van der Waals surface area (Å²) in [5, 5.41) is 9.68. The van der Waals surface area contributed by atoms with Crippen LogP contribution in [0.4, 0.5) is 5.69 Å². The molecule has 0 fully saturated rings. The van der Waals surface area contributed by atoms with E-state index in [-0.39, 0.29) is 5.56 Å². The number of nitrogens with zero attached hydrogens (tertiary/aromatic N) is 1. The number of aromatic carboxylic acids is 1. The molecule has 0 aliphatic rings. The van der Waals surface area contributed by atoms with Crippen LogP contribution in [0.15, 0.2) is 48.5 Å². The summed E-state index contributed by atoms with van der Waals surface area (Å²) in [6, 6.07) is 14.5. The maximum Gasteiger partial charge on any atom is 0.335 e. The second kappa shape index (κ2) is 5.76. The van der Waals surface area contributed by atoms with Crippen molar-refractivity contribution in [1.82, 2.24) is 0 Å². The molecule has 0 unspecified atom stereocenters. The number of carboxylic acid groups (broad SMARTS) is 1. The zero-order valence-corrected chi connectivity index (χ0v) is 11.3. The molecule has 2 aromatic rings. The molecule has 0 aliphatic carbocycles. The molecular formula is C15H14ClNO2. The number of carbonyl (C=O) groups is 1. The van der Waals surface area contributed by atoms with Crippen molar-refractivity contribution < 1.29 is 9.90 Å². The van der Waals surface area contributed by atoms with E-state index in [9.17, 15) is 4.79 Å². The van der Waals surface area contributed by atoms with Crippen LogP contribution >= 0.6 is 11.6 Å². The molecule has 0 heterocycles. The van der Waals surface area contributed by atoms with Crippen LogP contribution in [-0.4, -0.2) is 18.1 Å². The van der Waals surface area contributed by atoms with Crippen molar-refractivity contribution in [3.05, 3.63) is 64.7 Å². The molecule has 2 aromatic carbocycles. The van der Waals surface area contributed by atoms with E-state index < -0.39 is 5.97 Å². The molecule has 1 N–H and O–H groups in total. The summed E-state index contributed by atoms with van der Waals surface area (Å²) in [4.78, 5) is 12.9. The first-order chi connectivity index (χ1) is 9.06. The number of rotatable bonds is 4. The Labute approximate surface area is 117 Å². The fraction of sp³-hybridized carbons (Fsp3) is 0.133. The molecule has 4 heteroatoms. The number of carboxylic acids is 1. The highest BCUT2D eigenvalue weighted by Crippen LogP contribution is 2.19. The van der Waals surface area contributed by atoms with Crippen molar-refractivity contribution in [3.63, 3.8) is 0 Å². The summed E-state index contributed by atoms with van der Waals surface area (Å²) in [6.45, 7) is 0.670. The fourth-order valence-corrected chi connectivity index (χ4v) is 2.09. The van der Waals surface area contributed by atoms with E-state index in [1.807, 2.05) is 42.3 Å². The van der Waals surface area contributed by atoms with Crippen LogP contribution in [-0.2, 0) is 6.54 Å². The maximum atomic E-state index is 10.9. The van der Waals surface area contributed by atoms with Crippen molar-refractivity contribution in [2.75, 3.05) is 11.9 Å². The van der Waals surface area contributed by atoms with Gasteiger partial charge in [-0.2, -0.15) is 0 Å². The van der Waals surface area contributed by atoms with Crippen LogP contribution in [0.25, 0.3) is 0 Å². The molecule has 98 valence electrons. The Balaban J connectivity index is 2.18. The van der Waals surface area contributed by atoms with E-state index in [1.54, 1.807) is 18.2 Å². The smallest absolute Gasteiger partial charge is 0.335 e. The van der Waals surface area contributed by atoms with Gasteiger partial charge in [0.1, 0.15) is 0 Å². The van der Waals surface area contributed by atoms with Gasteiger partial charge in [-0.3, -0.25) is 0 Å². The second-order valence-electron chi connectivity index (χ2n) is 4.34. The first-order valence-corrected chi connectivity index (χ1v) is 6.23. The Morgan fingerprint density at radius 2 is 1.95 bits per heavy atom. The quantitative estimate of drug-likeness (QED) is 0.925. The third kappa shape index (κ3) is 3.48. The highest BCUT2D eigenvalue weighted by molar-refractivity contribution is 6.30. The number of benzene rings is 2. The highest BCUT2D eigenvalue weighted by Gasteiger charge is 2.07. The SMILES string of the molecule is CN(Cc1cccc(Cl)c1)c1cccc(C(=O)O)c1. The van der Waals surface area contributed by atoms with Gasteiger partial charge in [-0.25, -0.2) is 4.79 Å². The highest BCUT2D eigenvalue weighted by atomic mass is 35.5. The Hall–Kier alpha value is -2.00. The molecule has 0 spiro atoms. The Kier molecular flexibility index (Phi) is 4.07. The lowest BCUT2D eigenvalue weighted by molar-refractivity contribution is 0.0697. The van der Waals surface area contributed by atoms with Gasteiger partial charge in [0, 0.05) is 24.3 Å². The molecule has 0 saturated heterocycles. The van der Waals surface area contributed by atoms with Crippen molar-refractivity contribution in [1.29, 1.82) is 0 Å². The lowest BCUT2D eigenvalue weighted by Crippen LogP contribution is -2.16. The van der Waals surface area contributed by atoms with Crippen LogP contribution in [0.2, 0.25) is 5.02 Å².